The standard InChI is InChI=1S/C20H14BN/c1-2-7-17-14-22-20-10-9-15-5-3-4-8-18(15)19(20)11-12-21(22)13-16(17)6-1/h1-14H. The largest absolute Gasteiger partial charge is 0.383 e. The van der Waals surface area contributed by atoms with Crippen LogP contribution in [0, 0.1) is 0 Å². The lowest BCUT2D eigenvalue weighted by atomic mass is 9.56. The third-order valence-electron chi connectivity index (χ3n) is 4.63. The fourth-order valence-corrected chi connectivity index (χ4v) is 3.54. The van der Waals surface area contributed by atoms with E-state index < -0.39 is 0 Å². The van der Waals surface area contributed by atoms with Gasteiger partial charge in [-0.15, -0.1) is 0 Å². The Morgan fingerprint density at radius 3 is 2.55 bits per heavy atom. The Morgan fingerprint density at radius 1 is 0.773 bits per heavy atom. The van der Waals surface area contributed by atoms with E-state index in [9.17, 15) is 0 Å². The normalized spacial score (nSPS) is 14.7. The van der Waals surface area contributed by atoms with Crippen LogP contribution in [0.5, 0.6) is 0 Å². The molecule has 0 radical (unpaired) electrons. The molecule has 0 atom stereocenters. The average Bonchev–Trinajstić information content (AvgIpc) is 2.59. The van der Waals surface area contributed by atoms with Crippen LogP contribution in [0.25, 0.3) is 29.0 Å². The minimum Gasteiger partial charge on any atom is -0.383 e. The molecule has 0 amide bonds. The van der Waals surface area contributed by atoms with E-state index in [2.05, 4.69) is 89.7 Å². The zero-order valence-corrected chi connectivity index (χ0v) is 12.1. The molecule has 0 unspecified atom stereocenters. The van der Waals surface area contributed by atoms with Crippen LogP contribution in [0.3, 0.4) is 0 Å². The van der Waals surface area contributed by atoms with Crippen LogP contribution >= 0.6 is 0 Å². The van der Waals surface area contributed by atoms with Crippen molar-refractivity contribution in [2.45, 2.75) is 0 Å². The van der Waals surface area contributed by atoms with Crippen LogP contribution in [-0.4, -0.2) is 6.85 Å². The van der Waals surface area contributed by atoms with E-state index in [4.69, 9.17) is 0 Å². The smallest absolute Gasteiger partial charge is 0.313 e. The molecule has 102 valence electrons. The number of anilines is 1. The zero-order valence-electron chi connectivity index (χ0n) is 12.1. The first-order valence-electron chi connectivity index (χ1n) is 7.67. The van der Waals surface area contributed by atoms with E-state index in [0.29, 0.717) is 6.85 Å². The van der Waals surface area contributed by atoms with Crippen LogP contribution < -0.4 is 15.2 Å². The second-order valence-corrected chi connectivity index (χ2v) is 5.90. The maximum Gasteiger partial charge on any atom is 0.313 e. The maximum atomic E-state index is 2.38. The molecule has 2 aliphatic heterocycles. The van der Waals surface area contributed by atoms with Gasteiger partial charge in [-0.1, -0.05) is 72.6 Å². The summed E-state index contributed by atoms with van der Waals surface area (Å²) in [4.78, 5) is 2.38. The molecule has 0 saturated heterocycles. The van der Waals surface area contributed by atoms with Gasteiger partial charge in [0.05, 0.1) is 0 Å². The van der Waals surface area contributed by atoms with Crippen LogP contribution in [0.4, 0.5) is 5.69 Å². The fourth-order valence-electron chi connectivity index (χ4n) is 3.54. The van der Waals surface area contributed by atoms with E-state index in [-0.39, 0.29) is 0 Å². The first-order chi connectivity index (χ1) is 10.9. The van der Waals surface area contributed by atoms with E-state index in [1.165, 1.54) is 32.5 Å². The topological polar surface area (TPSA) is 3.24 Å². The second kappa shape index (κ2) is 4.38. The van der Waals surface area contributed by atoms with Crippen molar-refractivity contribution in [3.05, 3.63) is 82.6 Å². The summed E-state index contributed by atoms with van der Waals surface area (Å²) in [7, 11) is 0. The highest BCUT2D eigenvalue weighted by Gasteiger charge is 2.25. The number of benzene rings is 3. The number of nitrogens with zero attached hydrogens (tertiary/aromatic N) is 1. The summed E-state index contributed by atoms with van der Waals surface area (Å²) in [5, 5.41) is 5.22. The number of hydrogen-bond acceptors (Lipinski definition) is 1. The van der Waals surface area contributed by atoms with Gasteiger partial charge < -0.3 is 4.81 Å². The molecule has 2 aliphatic rings. The molecule has 0 saturated carbocycles. The molecule has 2 heterocycles. The SMILES string of the molecule is C1=Cc2c(ccc3ccccc23)N2C=c3ccccc3=CB12. The monoisotopic (exact) mass is 279 g/mol. The van der Waals surface area contributed by atoms with Crippen LogP contribution in [0.1, 0.15) is 5.56 Å². The van der Waals surface area contributed by atoms with Crippen LogP contribution in [0.15, 0.2) is 66.6 Å². The first kappa shape index (κ1) is 11.9. The lowest BCUT2D eigenvalue weighted by Gasteiger charge is -2.32. The molecule has 3 aromatic carbocycles. The van der Waals surface area contributed by atoms with Gasteiger partial charge in [0, 0.05) is 11.3 Å². The zero-order chi connectivity index (χ0) is 14.5. The highest BCUT2D eigenvalue weighted by Crippen LogP contribution is 2.34. The Labute approximate surface area is 129 Å². The molecule has 2 heteroatoms. The van der Waals surface area contributed by atoms with Crippen molar-refractivity contribution in [2.75, 3.05) is 4.81 Å². The predicted octanol–water partition coefficient (Wildman–Crippen LogP) is 2.98. The fraction of sp³-hybridized carbons (Fsp3) is 0. The summed E-state index contributed by atoms with van der Waals surface area (Å²) in [6.07, 6.45) is 4.55. The molecule has 0 spiro atoms. The van der Waals surface area contributed by atoms with E-state index in [1.807, 2.05) is 0 Å². The van der Waals surface area contributed by atoms with Gasteiger partial charge in [0.2, 0.25) is 0 Å². The molecule has 0 aromatic heterocycles. The lowest BCUT2D eigenvalue weighted by molar-refractivity contribution is 1.39. The summed E-state index contributed by atoms with van der Waals surface area (Å²) in [5.41, 5.74) is 2.61. The van der Waals surface area contributed by atoms with Gasteiger partial charge in [-0.2, -0.15) is 0 Å². The molecular weight excluding hydrogens is 265 g/mol. The summed E-state index contributed by atoms with van der Waals surface area (Å²) in [6.45, 7) is 0.309. The van der Waals surface area contributed by atoms with Gasteiger partial charge in [0.1, 0.15) is 0 Å². The van der Waals surface area contributed by atoms with Crippen molar-refractivity contribution < 1.29 is 0 Å². The highest BCUT2D eigenvalue weighted by molar-refractivity contribution is 6.83. The van der Waals surface area contributed by atoms with Gasteiger partial charge >= 0.3 is 6.85 Å². The van der Waals surface area contributed by atoms with Gasteiger partial charge in [0.15, 0.2) is 0 Å². The molecule has 0 fully saturated rings. The Hall–Kier alpha value is -2.74. The Morgan fingerprint density at radius 2 is 1.59 bits per heavy atom. The minimum atomic E-state index is 0.309. The average molecular weight is 279 g/mol. The molecule has 22 heavy (non-hydrogen) atoms. The van der Waals surface area contributed by atoms with Crippen LogP contribution in [0.2, 0.25) is 0 Å². The number of rotatable bonds is 0. The summed E-state index contributed by atoms with van der Waals surface area (Å²) >= 11 is 0. The molecule has 3 aromatic rings. The number of hydrogen-bond donors (Lipinski definition) is 0. The quantitative estimate of drug-likeness (QED) is 0.572. The van der Waals surface area contributed by atoms with E-state index in [1.54, 1.807) is 0 Å². The lowest BCUT2D eigenvalue weighted by Crippen LogP contribution is -2.44. The third-order valence-corrected chi connectivity index (χ3v) is 4.63. The molecular formula is C20H14BN. The summed E-state index contributed by atoms with van der Waals surface area (Å²) in [5.74, 6) is 4.63. The molecule has 0 aliphatic carbocycles. The van der Waals surface area contributed by atoms with Gasteiger partial charge in [-0.25, -0.2) is 0 Å². The predicted molar refractivity (Wildman–Crippen MR) is 95.8 cm³/mol. The second-order valence-electron chi connectivity index (χ2n) is 5.90. The van der Waals surface area contributed by atoms with E-state index in [0.717, 1.165) is 0 Å². The van der Waals surface area contributed by atoms with Crippen molar-refractivity contribution in [2.24, 2.45) is 0 Å². The Bertz CT molecular complexity index is 1050. The minimum absolute atomic E-state index is 0.309. The summed E-state index contributed by atoms with van der Waals surface area (Å²) < 4.78 is 0. The van der Waals surface area contributed by atoms with Crippen molar-refractivity contribution in [3.63, 3.8) is 0 Å². The maximum absolute atomic E-state index is 2.38. The Balaban J connectivity index is 1.80. The van der Waals surface area contributed by atoms with Crippen molar-refractivity contribution in [1.29, 1.82) is 0 Å². The van der Waals surface area contributed by atoms with Gasteiger partial charge in [-0.3, -0.25) is 0 Å². The van der Waals surface area contributed by atoms with Gasteiger partial charge in [-0.05, 0) is 33.5 Å². The summed E-state index contributed by atoms with van der Waals surface area (Å²) in [6, 6.07) is 21.6. The van der Waals surface area contributed by atoms with Crippen LogP contribution in [-0.2, 0) is 0 Å². The van der Waals surface area contributed by atoms with Crippen molar-refractivity contribution in [3.8, 4) is 0 Å². The van der Waals surface area contributed by atoms with Crippen molar-refractivity contribution in [1.82, 2.24) is 0 Å². The first-order valence-corrected chi connectivity index (χ1v) is 7.67. The molecule has 5 rings (SSSR count). The molecule has 0 N–H and O–H groups in total. The van der Waals surface area contributed by atoms with Crippen molar-refractivity contribution >= 4 is 41.6 Å². The van der Waals surface area contributed by atoms with E-state index >= 15 is 0 Å². The Kier molecular flexibility index (Phi) is 2.36. The van der Waals surface area contributed by atoms with Gasteiger partial charge in [0.25, 0.3) is 0 Å². The third kappa shape index (κ3) is 1.61. The molecule has 0 bridgehead atoms. The molecule has 1 nitrogen and oxygen atoms in total. The number of fused-ring (bicyclic) bond motifs is 6. The highest BCUT2D eigenvalue weighted by atomic mass is 15.1.